The van der Waals surface area contributed by atoms with Crippen LogP contribution in [-0.4, -0.2) is 12.8 Å². The summed E-state index contributed by atoms with van der Waals surface area (Å²) >= 11 is 0. The molecule has 0 bridgehead atoms. The van der Waals surface area contributed by atoms with Gasteiger partial charge in [0, 0.05) is 10.9 Å². The van der Waals surface area contributed by atoms with E-state index >= 15 is 0 Å². The summed E-state index contributed by atoms with van der Waals surface area (Å²) in [6.45, 7) is 13.7. The molecule has 0 aliphatic heterocycles. The van der Waals surface area contributed by atoms with Crippen molar-refractivity contribution in [2.75, 3.05) is 0 Å². The zero-order chi connectivity index (χ0) is 21.7. The van der Waals surface area contributed by atoms with Crippen LogP contribution in [0, 0.1) is 0 Å². The molecule has 2 heteroatoms. The highest BCUT2D eigenvalue weighted by Crippen LogP contribution is 2.38. The van der Waals surface area contributed by atoms with E-state index in [9.17, 15) is 0 Å². The summed E-state index contributed by atoms with van der Waals surface area (Å²) < 4.78 is 0. The lowest BCUT2D eigenvalue weighted by molar-refractivity contribution is 0.569. The van der Waals surface area contributed by atoms with Gasteiger partial charge in [-0.1, -0.05) is 78.6 Å². The quantitative estimate of drug-likeness (QED) is 0.428. The highest BCUT2D eigenvalue weighted by atomic mass is 14.7. The summed E-state index contributed by atoms with van der Waals surface area (Å²) in [5.41, 5.74) is 7.03. The second kappa shape index (κ2) is 7.55. The van der Waals surface area contributed by atoms with Crippen LogP contribution in [0.5, 0.6) is 0 Å². The van der Waals surface area contributed by atoms with E-state index in [1.54, 1.807) is 0 Å². The van der Waals surface area contributed by atoms with E-state index in [1.165, 1.54) is 58.7 Å². The topological polar surface area (TPSA) is 12.9 Å². The summed E-state index contributed by atoms with van der Waals surface area (Å²) in [4.78, 5) is 4.82. The summed E-state index contributed by atoms with van der Waals surface area (Å²) in [5, 5.41) is 2.40. The molecule has 1 aliphatic carbocycles. The Bertz CT molecular complexity index is 1040. The zero-order valence-corrected chi connectivity index (χ0v) is 19.5. The Hall–Kier alpha value is -2.09. The molecule has 2 aromatic carbocycles. The first-order valence-electron chi connectivity index (χ1n) is 11.4. The normalized spacial score (nSPS) is 15.8. The minimum Gasteiger partial charge on any atom is -0.264 e. The first-order chi connectivity index (χ1) is 14.0. The summed E-state index contributed by atoms with van der Waals surface area (Å²) in [6, 6.07) is 15.9. The van der Waals surface area contributed by atoms with E-state index < -0.39 is 0 Å². The summed E-state index contributed by atoms with van der Waals surface area (Å²) in [6.07, 6.45) is 5.31. The predicted molar refractivity (Wildman–Crippen MR) is 131 cm³/mol. The van der Waals surface area contributed by atoms with Crippen molar-refractivity contribution in [1.82, 2.24) is 4.98 Å². The highest BCUT2D eigenvalue weighted by Gasteiger charge is 2.22. The number of fused-ring (bicyclic) bond motifs is 1. The lowest BCUT2D eigenvalue weighted by atomic mass is 9.79. The molecule has 30 heavy (non-hydrogen) atoms. The maximum Gasteiger partial charge on any atom is 0.141 e. The molecule has 0 atom stereocenters. The molecule has 3 aromatic rings. The van der Waals surface area contributed by atoms with Crippen molar-refractivity contribution >= 4 is 24.2 Å². The van der Waals surface area contributed by atoms with Gasteiger partial charge in [0.25, 0.3) is 0 Å². The Morgan fingerprint density at radius 2 is 1.40 bits per heavy atom. The van der Waals surface area contributed by atoms with Crippen LogP contribution in [0.15, 0.2) is 42.5 Å². The second-order valence-corrected chi connectivity index (χ2v) is 11.2. The van der Waals surface area contributed by atoms with Gasteiger partial charge in [-0.15, -0.1) is 0 Å². The van der Waals surface area contributed by atoms with Gasteiger partial charge in [0.1, 0.15) is 7.85 Å². The maximum atomic E-state index is 6.30. The van der Waals surface area contributed by atoms with Crippen molar-refractivity contribution in [3.8, 4) is 11.3 Å². The van der Waals surface area contributed by atoms with Gasteiger partial charge in [-0.05, 0) is 75.5 Å². The van der Waals surface area contributed by atoms with Gasteiger partial charge in [-0.2, -0.15) is 0 Å². The Balaban J connectivity index is 1.92. The molecule has 1 aliphatic rings. The number of benzene rings is 2. The smallest absolute Gasteiger partial charge is 0.141 e. The third-order valence-electron chi connectivity index (χ3n) is 6.64. The first-order valence-corrected chi connectivity index (χ1v) is 11.4. The first kappa shape index (κ1) is 21.2. The zero-order valence-electron chi connectivity index (χ0n) is 19.5. The van der Waals surface area contributed by atoms with Gasteiger partial charge >= 0.3 is 0 Å². The SMILES string of the molecule is [B]c1cc2cc(C3CCCC3)ccc2c(-c2cc(C(C)(C)C)cc(C(C)(C)C)c2)n1. The average molecular weight is 395 g/mol. The molecule has 1 fully saturated rings. The Kier molecular flexibility index (Phi) is 5.33. The maximum absolute atomic E-state index is 6.30. The fourth-order valence-corrected chi connectivity index (χ4v) is 4.66. The molecule has 1 nitrogen and oxygen atoms in total. The van der Waals surface area contributed by atoms with Crippen LogP contribution in [0.3, 0.4) is 0 Å². The number of rotatable bonds is 2. The lowest BCUT2D eigenvalue weighted by Gasteiger charge is -2.26. The van der Waals surface area contributed by atoms with Gasteiger partial charge in [0.05, 0.1) is 5.69 Å². The minimum absolute atomic E-state index is 0.0712. The summed E-state index contributed by atoms with van der Waals surface area (Å²) in [7, 11) is 6.30. The fourth-order valence-electron chi connectivity index (χ4n) is 4.66. The molecule has 4 rings (SSSR count). The third kappa shape index (κ3) is 4.20. The predicted octanol–water partition coefficient (Wildman–Crippen LogP) is 6.95. The van der Waals surface area contributed by atoms with Crippen molar-refractivity contribution in [3.05, 3.63) is 59.2 Å². The van der Waals surface area contributed by atoms with Crippen molar-refractivity contribution in [3.63, 3.8) is 0 Å². The van der Waals surface area contributed by atoms with E-state index in [-0.39, 0.29) is 10.8 Å². The van der Waals surface area contributed by atoms with Crippen LogP contribution in [0.2, 0.25) is 0 Å². The van der Waals surface area contributed by atoms with Crippen LogP contribution in [-0.2, 0) is 10.8 Å². The largest absolute Gasteiger partial charge is 0.264 e. The molecule has 1 heterocycles. The van der Waals surface area contributed by atoms with Crippen molar-refractivity contribution in [2.24, 2.45) is 0 Å². The fraction of sp³-hybridized carbons (Fsp3) is 0.464. The molecule has 2 radical (unpaired) electrons. The van der Waals surface area contributed by atoms with E-state index in [0.29, 0.717) is 11.5 Å². The van der Waals surface area contributed by atoms with Crippen LogP contribution in [0.4, 0.5) is 0 Å². The number of pyridine rings is 1. The number of hydrogen-bond acceptors (Lipinski definition) is 1. The Morgan fingerprint density at radius 1 is 0.800 bits per heavy atom. The molecule has 0 unspecified atom stereocenters. The van der Waals surface area contributed by atoms with Crippen LogP contribution >= 0.6 is 0 Å². The van der Waals surface area contributed by atoms with Crippen LogP contribution < -0.4 is 5.59 Å². The van der Waals surface area contributed by atoms with Crippen molar-refractivity contribution in [1.29, 1.82) is 0 Å². The summed E-state index contributed by atoms with van der Waals surface area (Å²) in [5.74, 6) is 0.698. The van der Waals surface area contributed by atoms with E-state index in [2.05, 4.69) is 77.9 Å². The Morgan fingerprint density at radius 3 is 1.97 bits per heavy atom. The number of hydrogen-bond donors (Lipinski definition) is 0. The number of aromatic nitrogens is 1. The second-order valence-electron chi connectivity index (χ2n) is 11.2. The minimum atomic E-state index is 0.0712. The van der Waals surface area contributed by atoms with E-state index in [1.807, 2.05) is 6.07 Å². The molecule has 0 spiro atoms. The monoisotopic (exact) mass is 395 g/mol. The van der Waals surface area contributed by atoms with E-state index in [0.717, 1.165) is 5.69 Å². The molecule has 1 saturated carbocycles. The highest BCUT2D eigenvalue weighted by molar-refractivity contribution is 6.32. The third-order valence-corrected chi connectivity index (χ3v) is 6.64. The van der Waals surface area contributed by atoms with Gasteiger partial charge in [0.2, 0.25) is 0 Å². The molecular formula is C28H34BN. The van der Waals surface area contributed by atoms with Crippen LogP contribution in [0.1, 0.15) is 89.8 Å². The van der Waals surface area contributed by atoms with Gasteiger partial charge in [-0.25, -0.2) is 0 Å². The number of nitrogens with zero attached hydrogens (tertiary/aromatic N) is 1. The molecule has 0 N–H and O–H groups in total. The van der Waals surface area contributed by atoms with Crippen molar-refractivity contribution in [2.45, 2.75) is 84.0 Å². The van der Waals surface area contributed by atoms with Gasteiger partial charge in [0.15, 0.2) is 0 Å². The molecule has 154 valence electrons. The standard InChI is InChI=1S/C28H34BN/c1-27(2,3)22-14-21(15-23(17-22)28(4,5)6)26-24-12-11-19(18-9-7-8-10-18)13-20(24)16-25(29)30-26/h11-18H,7-10H2,1-6H3. The van der Waals surface area contributed by atoms with Crippen molar-refractivity contribution < 1.29 is 0 Å². The van der Waals surface area contributed by atoms with E-state index in [4.69, 9.17) is 12.8 Å². The Labute approximate surface area is 183 Å². The van der Waals surface area contributed by atoms with Gasteiger partial charge in [-0.3, -0.25) is 4.98 Å². The molecule has 0 saturated heterocycles. The van der Waals surface area contributed by atoms with Crippen LogP contribution in [0.25, 0.3) is 22.0 Å². The molecular weight excluding hydrogens is 361 g/mol. The van der Waals surface area contributed by atoms with Gasteiger partial charge < -0.3 is 0 Å². The lowest BCUT2D eigenvalue weighted by Crippen LogP contribution is -2.17. The average Bonchev–Trinajstić information content (AvgIpc) is 3.20. The molecule has 1 aromatic heterocycles. The molecule has 0 amide bonds.